The first kappa shape index (κ1) is 7.28. The summed E-state index contributed by atoms with van der Waals surface area (Å²) in [6, 6.07) is 3.90. The number of fused-ring (bicyclic) bond motifs is 1. The van der Waals surface area contributed by atoms with Crippen LogP contribution < -0.4 is 4.57 Å². The van der Waals surface area contributed by atoms with Crippen LogP contribution in [0, 0.1) is 6.92 Å². The lowest BCUT2D eigenvalue weighted by Crippen LogP contribution is -2.32. The molecule has 2 aromatic heterocycles. The monoisotopic (exact) mass is 163 g/mol. The summed E-state index contributed by atoms with van der Waals surface area (Å²) in [5.41, 5.74) is 1.79. The number of aryl methyl sites for hydroxylation is 2. The van der Waals surface area contributed by atoms with Gasteiger partial charge in [0, 0.05) is 6.92 Å². The molecule has 2 heterocycles. The highest BCUT2D eigenvalue weighted by Gasteiger charge is 2.13. The van der Waals surface area contributed by atoms with Gasteiger partial charge < -0.3 is 4.42 Å². The molecule has 0 aliphatic carbocycles. The van der Waals surface area contributed by atoms with Crippen molar-refractivity contribution in [3.05, 3.63) is 24.2 Å². The van der Waals surface area contributed by atoms with Gasteiger partial charge in [-0.2, -0.15) is 0 Å². The molecule has 0 N–H and O–H groups in total. The van der Waals surface area contributed by atoms with Gasteiger partial charge in [0.1, 0.15) is 0 Å². The molecule has 3 nitrogen and oxygen atoms in total. The molecule has 0 amide bonds. The van der Waals surface area contributed by atoms with Crippen LogP contribution in [0.3, 0.4) is 0 Å². The quantitative estimate of drug-likeness (QED) is 0.595. The third kappa shape index (κ3) is 0.978. The molecule has 0 saturated carbocycles. The van der Waals surface area contributed by atoms with Crippen LogP contribution in [0.5, 0.6) is 0 Å². The Hall–Kier alpha value is -1.38. The van der Waals surface area contributed by atoms with E-state index in [2.05, 4.69) is 16.5 Å². The van der Waals surface area contributed by atoms with Crippen molar-refractivity contribution in [2.45, 2.75) is 20.4 Å². The van der Waals surface area contributed by atoms with Crippen molar-refractivity contribution in [1.82, 2.24) is 4.98 Å². The fourth-order valence-electron chi connectivity index (χ4n) is 1.31. The van der Waals surface area contributed by atoms with Crippen molar-refractivity contribution in [3.8, 4) is 0 Å². The predicted octanol–water partition coefficient (Wildman–Crippen LogP) is 1.44. The van der Waals surface area contributed by atoms with E-state index in [1.807, 2.05) is 25.3 Å². The summed E-state index contributed by atoms with van der Waals surface area (Å²) in [4.78, 5) is 4.28. The van der Waals surface area contributed by atoms with Gasteiger partial charge in [-0.25, -0.2) is 4.57 Å². The highest BCUT2D eigenvalue weighted by atomic mass is 16.3. The lowest BCUT2D eigenvalue weighted by Gasteiger charge is -1.91. The van der Waals surface area contributed by atoms with E-state index >= 15 is 0 Å². The van der Waals surface area contributed by atoms with Crippen molar-refractivity contribution in [3.63, 3.8) is 0 Å². The summed E-state index contributed by atoms with van der Waals surface area (Å²) in [7, 11) is 0. The fourth-order valence-corrected chi connectivity index (χ4v) is 1.31. The van der Waals surface area contributed by atoms with Gasteiger partial charge in [-0.15, -0.1) is 0 Å². The second-order valence-corrected chi connectivity index (χ2v) is 2.71. The Morgan fingerprint density at radius 2 is 2.42 bits per heavy atom. The van der Waals surface area contributed by atoms with Crippen molar-refractivity contribution >= 4 is 11.2 Å². The maximum absolute atomic E-state index is 5.38. The highest BCUT2D eigenvalue weighted by Crippen LogP contribution is 2.09. The van der Waals surface area contributed by atoms with Crippen LogP contribution in [-0.2, 0) is 6.54 Å². The lowest BCUT2D eigenvalue weighted by molar-refractivity contribution is -0.669. The van der Waals surface area contributed by atoms with Gasteiger partial charge in [-0.1, -0.05) is 0 Å². The Labute approximate surface area is 70.7 Å². The number of hydrogen-bond acceptors (Lipinski definition) is 2. The van der Waals surface area contributed by atoms with E-state index in [1.165, 1.54) is 0 Å². The molecule has 0 saturated heterocycles. The Morgan fingerprint density at radius 1 is 1.58 bits per heavy atom. The Morgan fingerprint density at radius 3 is 3.17 bits per heavy atom. The summed E-state index contributed by atoms with van der Waals surface area (Å²) in [5.74, 6) is 0.721. The molecular formula is C9H11N2O+. The maximum Gasteiger partial charge on any atom is 0.370 e. The van der Waals surface area contributed by atoms with Gasteiger partial charge in [0.05, 0.1) is 12.7 Å². The molecule has 12 heavy (non-hydrogen) atoms. The van der Waals surface area contributed by atoms with E-state index in [0.717, 1.165) is 23.7 Å². The summed E-state index contributed by atoms with van der Waals surface area (Å²) >= 11 is 0. The minimum absolute atomic E-state index is 0.721. The predicted molar refractivity (Wildman–Crippen MR) is 44.6 cm³/mol. The normalized spacial score (nSPS) is 10.8. The molecule has 0 aromatic carbocycles. The fraction of sp³-hybridized carbons (Fsp3) is 0.333. The van der Waals surface area contributed by atoms with Gasteiger partial charge in [-0.05, 0) is 24.0 Å². The molecule has 0 radical (unpaired) electrons. The van der Waals surface area contributed by atoms with Crippen molar-refractivity contribution in [1.29, 1.82) is 0 Å². The minimum Gasteiger partial charge on any atom is -0.415 e. The van der Waals surface area contributed by atoms with Gasteiger partial charge >= 0.3 is 11.5 Å². The number of nitrogens with zero attached hydrogens (tertiary/aromatic N) is 2. The van der Waals surface area contributed by atoms with Crippen LogP contribution in [0.2, 0.25) is 0 Å². The van der Waals surface area contributed by atoms with Crippen molar-refractivity contribution < 1.29 is 8.98 Å². The van der Waals surface area contributed by atoms with E-state index in [9.17, 15) is 0 Å². The van der Waals surface area contributed by atoms with Crippen LogP contribution in [0.15, 0.2) is 22.7 Å². The molecule has 0 unspecified atom stereocenters. The second kappa shape index (κ2) is 2.59. The van der Waals surface area contributed by atoms with Crippen LogP contribution >= 0.6 is 0 Å². The molecule has 0 bridgehead atoms. The zero-order valence-corrected chi connectivity index (χ0v) is 7.24. The number of oxazole rings is 1. The minimum atomic E-state index is 0.721. The van der Waals surface area contributed by atoms with Crippen molar-refractivity contribution in [2.75, 3.05) is 0 Å². The molecule has 0 fully saturated rings. The van der Waals surface area contributed by atoms with Crippen LogP contribution in [0.25, 0.3) is 11.2 Å². The van der Waals surface area contributed by atoms with Crippen LogP contribution in [-0.4, -0.2) is 4.98 Å². The average molecular weight is 163 g/mol. The van der Waals surface area contributed by atoms with Gasteiger partial charge in [0.25, 0.3) is 0 Å². The topological polar surface area (TPSA) is 29.9 Å². The zero-order valence-electron chi connectivity index (χ0n) is 7.24. The third-order valence-corrected chi connectivity index (χ3v) is 1.87. The SMILES string of the molecule is CC[n+]1cccc2oc(C)nc21. The lowest BCUT2D eigenvalue weighted by atomic mass is 10.4. The second-order valence-electron chi connectivity index (χ2n) is 2.71. The van der Waals surface area contributed by atoms with Gasteiger partial charge in [0.15, 0.2) is 0 Å². The highest BCUT2D eigenvalue weighted by molar-refractivity contribution is 5.63. The summed E-state index contributed by atoms with van der Waals surface area (Å²) < 4.78 is 7.44. The number of hydrogen-bond donors (Lipinski definition) is 0. The molecule has 0 aliphatic rings. The summed E-state index contributed by atoms with van der Waals surface area (Å²) in [6.45, 7) is 4.87. The molecule has 0 atom stereocenters. The summed E-state index contributed by atoms with van der Waals surface area (Å²) in [6.07, 6.45) is 2.00. The van der Waals surface area contributed by atoms with E-state index in [4.69, 9.17) is 4.42 Å². The molecule has 3 heteroatoms. The molecule has 2 aromatic rings. The largest absolute Gasteiger partial charge is 0.415 e. The van der Waals surface area contributed by atoms with Gasteiger partial charge in [0.2, 0.25) is 5.58 Å². The van der Waals surface area contributed by atoms with Crippen LogP contribution in [0.4, 0.5) is 0 Å². The summed E-state index contributed by atoms with van der Waals surface area (Å²) in [5, 5.41) is 0. The molecular weight excluding hydrogens is 152 g/mol. The maximum atomic E-state index is 5.38. The standard InChI is InChI=1S/C9H11N2O/c1-3-11-6-4-5-8-9(11)10-7(2)12-8/h4-6H,3H2,1-2H3/q+1. The molecule has 0 spiro atoms. The Balaban J connectivity index is 2.78. The molecule has 62 valence electrons. The Bertz CT molecular complexity index is 406. The Kier molecular flexibility index (Phi) is 1.57. The number of pyridine rings is 1. The number of aromatic nitrogens is 2. The molecule has 2 rings (SSSR count). The van der Waals surface area contributed by atoms with Crippen molar-refractivity contribution in [2.24, 2.45) is 0 Å². The average Bonchev–Trinajstić information content (AvgIpc) is 2.44. The van der Waals surface area contributed by atoms with E-state index < -0.39 is 0 Å². The van der Waals surface area contributed by atoms with E-state index in [1.54, 1.807) is 0 Å². The first-order valence-electron chi connectivity index (χ1n) is 4.07. The number of rotatable bonds is 1. The smallest absolute Gasteiger partial charge is 0.370 e. The van der Waals surface area contributed by atoms with E-state index in [0.29, 0.717) is 0 Å². The zero-order chi connectivity index (χ0) is 8.55. The van der Waals surface area contributed by atoms with Crippen LogP contribution in [0.1, 0.15) is 12.8 Å². The first-order valence-corrected chi connectivity index (χ1v) is 4.07. The third-order valence-electron chi connectivity index (χ3n) is 1.87. The first-order chi connectivity index (χ1) is 5.81. The molecule has 0 aliphatic heterocycles. The van der Waals surface area contributed by atoms with E-state index in [-0.39, 0.29) is 0 Å². The van der Waals surface area contributed by atoms with Gasteiger partial charge in [-0.3, -0.25) is 0 Å².